The lowest BCUT2D eigenvalue weighted by atomic mass is 9.93. The van der Waals surface area contributed by atoms with Crippen LogP contribution in [-0.4, -0.2) is 55.5 Å². The fourth-order valence-corrected chi connectivity index (χ4v) is 2.68. The van der Waals surface area contributed by atoms with Crippen LogP contribution >= 0.6 is 0 Å². The van der Waals surface area contributed by atoms with E-state index in [-0.39, 0.29) is 6.04 Å². The first-order chi connectivity index (χ1) is 9.58. The number of unbranched alkanes of at least 4 members (excludes halogenated alkanes) is 3. The van der Waals surface area contributed by atoms with Gasteiger partial charge in [0.25, 0.3) is 0 Å². The maximum Gasteiger partial charge on any atom is 0.404 e. The quantitative estimate of drug-likeness (QED) is 0.640. The second kappa shape index (κ2) is 10.00. The Hall–Kier alpha value is -0.810. The van der Waals surface area contributed by atoms with E-state index in [2.05, 4.69) is 24.3 Å². The Morgan fingerprint density at radius 3 is 2.40 bits per heavy atom. The zero-order valence-corrected chi connectivity index (χ0v) is 12.9. The summed E-state index contributed by atoms with van der Waals surface area (Å²) < 4.78 is 5.88. The van der Waals surface area contributed by atoms with E-state index < -0.39 is 6.09 Å². The van der Waals surface area contributed by atoms with Crippen molar-refractivity contribution in [3.05, 3.63) is 0 Å². The van der Waals surface area contributed by atoms with Crippen molar-refractivity contribution in [1.29, 1.82) is 0 Å². The van der Waals surface area contributed by atoms with Crippen LogP contribution in [0.5, 0.6) is 0 Å². The van der Waals surface area contributed by atoms with Gasteiger partial charge in [-0.05, 0) is 59.2 Å². The number of carbonyl (C=O) groups is 1. The Balaban J connectivity index is 1.92. The minimum absolute atomic E-state index is 0.124. The molecule has 1 rings (SSSR count). The average Bonchev–Trinajstić information content (AvgIpc) is 2.38. The molecule has 0 radical (unpaired) electrons. The third kappa shape index (κ3) is 8.38. The highest BCUT2D eigenvalue weighted by Gasteiger charge is 2.22. The van der Waals surface area contributed by atoms with Gasteiger partial charge in [-0.15, -0.1) is 0 Å². The minimum Gasteiger partial charge on any atom is -0.465 e. The summed E-state index contributed by atoms with van der Waals surface area (Å²) in [6.07, 6.45) is 8.10. The largest absolute Gasteiger partial charge is 0.465 e. The van der Waals surface area contributed by atoms with E-state index in [9.17, 15) is 4.79 Å². The van der Waals surface area contributed by atoms with E-state index in [1.165, 1.54) is 25.8 Å². The molecule has 0 aromatic rings. The van der Waals surface area contributed by atoms with Crippen LogP contribution in [0.2, 0.25) is 0 Å². The molecular weight excluding hydrogens is 256 g/mol. The van der Waals surface area contributed by atoms with Crippen LogP contribution in [0.3, 0.4) is 0 Å². The van der Waals surface area contributed by atoms with Crippen LogP contribution < -0.4 is 5.32 Å². The molecule has 1 fully saturated rings. The number of rotatable bonds is 9. The Morgan fingerprint density at radius 2 is 1.80 bits per heavy atom. The first-order valence-electron chi connectivity index (χ1n) is 7.83. The molecular formula is C15H30N2O3. The SMILES string of the molecule is CN(C)CCCCCCOC1CCC(NC(=O)O)CC1. The molecule has 118 valence electrons. The number of amides is 1. The number of carboxylic acid groups (broad SMARTS) is 1. The van der Waals surface area contributed by atoms with Gasteiger partial charge in [-0.1, -0.05) is 12.8 Å². The highest BCUT2D eigenvalue weighted by molar-refractivity contribution is 5.64. The molecule has 1 aliphatic carbocycles. The molecule has 0 atom stereocenters. The molecule has 5 heteroatoms. The molecule has 0 bridgehead atoms. The molecule has 0 heterocycles. The maximum absolute atomic E-state index is 10.5. The lowest BCUT2D eigenvalue weighted by Gasteiger charge is -2.28. The predicted molar refractivity (Wildman–Crippen MR) is 80.2 cm³/mol. The van der Waals surface area contributed by atoms with E-state index in [0.29, 0.717) is 6.10 Å². The monoisotopic (exact) mass is 286 g/mol. The predicted octanol–water partition coefficient (Wildman–Crippen LogP) is 2.70. The number of hydrogen-bond acceptors (Lipinski definition) is 3. The number of nitrogens with one attached hydrogen (secondary N) is 1. The van der Waals surface area contributed by atoms with Gasteiger partial charge in [-0.2, -0.15) is 0 Å². The fraction of sp³-hybridized carbons (Fsp3) is 0.933. The smallest absolute Gasteiger partial charge is 0.404 e. The lowest BCUT2D eigenvalue weighted by molar-refractivity contribution is 0.0206. The third-order valence-corrected chi connectivity index (χ3v) is 3.86. The molecule has 0 aromatic heterocycles. The van der Waals surface area contributed by atoms with Crippen LogP contribution in [-0.2, 0) is 4.74 Å². The van der Waals surface area contributed by atoms with Crippen molar-refractivity contribution >= 4 is 6.09 Å². The normalized spacial score (nSPS) is 22.9. The molecule has 2 N–H and O–H groups in total. The Kier molecular flexibility index (Phi) is 8.62. The van der Waals surface area contributed by atoms with Crippen LogP contribution in [0.25, 0.3) is 0 Å². The molecule has 5 nitrogen and oxygen atoms in total. The number of hydrogen-bond donors (Lipinski definition) is 2. The standard InChI is InChI=1S/C15H30N2O3/c1-17(2)11-5-3-4-6-12-20-14-9-7-13(8-10-14)16-15(18)19/h13-14,16H,3-12H2,1-2H3,(H,18,19). The van der Waals surface area contributed by atoms with Crippen molar-refractivity contribution in [3.8, 4) is 0 Å². The molecule has 1 amide bonds. The summed E-state index contributed by atoms with van der Waals surface area (Å²) in [7, 11) is 4.22. The van der Waals surface area contributed by atoms with Crippen molar-refractivity contribution < 1.29 is 14.6 Å². The highest BCUT2D eigenvalue weighted by atomic mass is 16.5. The zero-order valence-electron chi connectivity index (χ0n) is 12.9. The summed E-state index contributed by atoms with van der Waals surface area (Å²) in [5.41, 5.74) is 0. The van der Waals surface area contributed by atoms with Crippen molar-refractivity contribution in [2.75, 3.05) is 27.2 Å². The second-order valence-electron chi connectivity index (χ2n) is 6.01. The van der Waals surface area contributed by atoms with Gasteiger partial charge >= 0.3 is 6.09 Å². The average molecular weight is 286 g/mol. The molecule has 0 spiro atoms. The van der Waals surface area contributed by atoms with Crippen molar-refractivity contribution in [2.45, 2.75) is 63.5 Å². The molecule has 1 saturated carbocycles. The first-order valence-corrected chi connectivity index (χ1v) is 7.83. The van der Waals surface area contributed by atoms with E-state index in [1.807, 2.05) is 0 Å². The van der Waals surface area contributed by atoms with Crippen molar-refractivity contribution in [1.82, 2.24) is 10.2 Å². The van der Waals surface area contributed by atoms with Crippen LogP contribution in [0, 0.1) is 0 Å². The van der Waals surface area contributed by atoms with E-state index >= 15 is 0 Å². The molecule has 1 aliphatic rings. The van der Waals surface area contributed by atoms with Crippen LogP contribution in [0.4, 0.5) is 4.79 Å². The summed E-state index contributed by atoms with van der Waals surface area (Å²) in [6.45, 7) is 2.02. The van der Waals surface area contributed by atoms with Gasteiger partial charge in [0.15, 0.2) is 0 Å². The van der Waals surface area contributed by atoms with Crippen LogP contribution in [0.15, 0.2) is 0 Å². The number of nitrogens with zero attached hydrogens (tertiary/aromatic N) is 1. The topological polar surface area (TPSA) is 61.8 Å². The summed E-state index contributed by atoms with van der Waals surface area (Å²) >= 11 is 0. The molecule has 0 saturated heterocycles. The van der Waals surface area contributed by atoms with E-state index in [4.69, 9.17) is 9.84 Å². The Morgan fingerprint density at radius 1 is 1.15 bits per heavy atom. The van der Waals surface area contributed by atoms with Gasteiger partial charge in [-0.25, -0.2) is 4.79 Å². The van der Waals surface area contributed by atoms with Gasteiger partial charge < -0.3 is 20.1 Å². The maximum atomic E-state index is 10.5. The first kappa shape index (κ1) is 17.2. The highest BCUT2D eigenvalue weighted by Crippen LogP contribution is 2.21. The van der Waals surface area contributed by atoms with E-state index in [0.717, 1.165) is 38.7 Å². The van der Waals surface area contributed by atoms with Crippen molar-refractivity contribution in [2.24, 2.45) is 0 Å². The lowest BCUT2D eigenvalue weighted by Crippen LogP contribution is -2.38. The van der Waals surface area contributed by atoms with Gasteiger partial charge in [0.05, 0.1) is 6.10 Å². The number of ether oxygens (including phenoxy) is 1. The molecule has 20 heavy (non-hydrogen) atoms. The summed E-state index contributed by atoms with van der Waals surface area (Å²) in [4.78, 5) is 12.8. The Bertz CT molecular complexity index is 264. The summed E-state index contributed by atoms with van der Waals surface area (Å²) in [5.74, 6) is 0. The van der Waals surface area contributed by atoms with E-state index in [1.54, 1.807) is 0 Å². The minimum atomic E-state index is -0.910. The third-order valence-electron chi connectivity index (χ3n) is 3.86. The Labute approximate surface area is 122 Å². The molecule has 0 aromatic carbocycles. The van der Waals surface area contributed by atoms with Gasteiger partial charge in [-0.3, -0.25) is 0 Å². The second-order valence-corrected chi connectivity index (χ2v) is 6.01. The summed E-state index contributed by atoms with van der Waals surface area (Å²) in [6, 6.07) is 0.124. The van der Waals surface area contributed by atoms with Gasteiger partial charge in [0.1, 0.15) is 0 Å². The van der Waals surface area contributed by atoms with Crippen molar-refractivity contribution in [3.63, 3.8) is 0 Å². The molecule has 0 unspecified atom stereocenters. The van der Waals surface area contributed by atoms with Crippen LogP contribution in [0.1, 0.15) is 51.4 Å². The molecule has 0 aliphatic heterocycles. The van der Waals surface area contributed by atoms with Gasteiger partial charge in [0.2, 0.25) is 0 Å². The van der Waals surface area contributed by atoms with Gasteiger partial charge in [0, 0.05) is 12.6 Å². The summed E-state index contributed by atoms with van der Waals surface area (Å²) in [5, 5.41) is 11.2. The fourth-order valence-electron chi connectivity index (χ4n) is 2.68. The zero-order chi connectivity index (χ0) is 14.8.